The van der Waals surface area contributed by atoms with Crippen LogP contribution in [0.15, 0.2) is 41.1 Å². The van der Waals surface area contributed by atoms with Gasteiger partial charge in [-0.3, -0.25) is 10.1 Å². The highest BCUT2D eigenvalue weighted by Crippen LogP contribution is 2.70. The number of hydrogen-bond acceptors (Lipinski definition) is 8. The number of ketones is 1. The first kappa shape index (κ1) is 31.2. The van der Waals surface area contributed by atoms with Crippen molar-refractivity contribution in [3.8, 4) is 0 Å². The molecule has 0 amide bonds. The molecule has 4 aliphatic carbocycles. The van der Waals surface area contributed by atoms with Crippen molar-refractivity contribution >= 4 is 23.7 Å². The molecule has 0 radical (unpaired) electrons. The van der Waals surface area contributed by atoms with Crippen LogP contribution in [0.1, 0.15) is 76.1 Å². The van der Waals surface area contributed by atoms with E-state index in [0.717, 1.165) is 30.5 Å². The Morgan fingerprint density at radius 2 is 2.07 bits per heavy atom. The van der Waals surface area contributed by atoms with Crippen molar-refractivity contribution in [3.63, 3.8) is 0 Å². The molecule has 3 saturated carbocycles. The number of allylic oxidation sites excluding steroid dienone is 3. The Labute approximate surface area is 257 Å². The lowest BCUT2D eigenvalue weighted by Gasteiger charge is -2.60. The normalized spacial score (nSPS) is 39.1. The van der Waals surface area contributed by atoms with Gasteiger partial charge in [0.1, 0.15) is 29.4 Å². The van der Waals surface area contributed by atoms with Crippen LogP contribution >= 0.6 is 0 Å². The fourth-order valence-corrected chi connectivity index (χ4v) is 9.86. The van der Waals surface area contributed by atoms with Gasteiger partial charge in [-0.2, -0.15) is 0 Å². The molecule has 2 unspecified atom stereocenters. The summed E-state index contributed by atoms with van der Waals surface area (Å²) in [6.07, 6.45) is 6.47. The second-order valence-corrected chi connectivity index (χ2v) is 13.8. The second kappa shape index (κ2) is 11.2. The third kappa shape index (κ3) is 4.40. The number of nitrogens with two attached hydrogens (primary N) is 1. The number of aliphatic hydroxyl groups is 2. The Kier molecular flexibility index (Phi) is 7.98. The van der Waals surface area contributed by atoms with Crippen molar-refractivity contribution < 1.29 is 43.7 Å². The Morgan fingerprint density at radius 3 is 2.75 bits per heavy atom. The van der Waals surface area contributed by atoms with E-state index in [1.165, 1.54) is 31.0 Å². The summed E-state index contributed by atoms with van der Waals surface area (Å²) in [5.41, 5.74) is 0.930. The maximum Gasteiger partial charge on any atom is 0.341 e. The number of Topliss-reactive ketones (excluding diaryl/α,β-unsaturated/α-hetero) is 1. The van der Waals surface area contributed by atoms with Gasteiger partial charge in [0.15, 0.2) is 17.7 Å². The van der Waals surface area contributed by atoms with Crippen LogP contribution in [0, 0.1) is 39.8 Å². The molecule has 9 nitrogen and oxygen atoms in total. The maximum atomic E-state index is 14.3. The average molecular weight is 612 g/mol. The van der Waals surface area contributed by atoms with Gasteiger partial charge in [0.25, 0.3) is 0 Å². The van der Waals surface area contributed by atoms with Gasteiger partial charge in [0.2, 0.25) is 0 Å². The third-order valence-electron chi connectivity index (χ3n) is 11.7. The molecule has 1 aliphatic heterocycles. The molecule has 238 valence electrons. The van der Waals surface area contributed by atoms with E-state index in [1.54, 1.807) is 6.07 Å². The number of rotatable bonds is 8. The summed E-state index contributed by atoms with van der Waals surface area (Å²) in [5.74, 6) is -1.69. The standard InChI is InChI=1S/C34H43FN2O7/c1-5-6-29-43-28-13-23-21-9-7-19-11-25(37-20-8-10-24(35)22(12-20)31(41)42-4)18(16-36)14-32(19,2)30(21)26(39)15-33(23,3)34(28,44-29)27(40)17-38/h8,10-12,16,21,23,26,28-30,36-39H,5-7,9,13-15,17H2,1-4H3/p+1/t21-,23?,26-,28+,29+,30?,32-,33-,34+/m0/s1. The van der Waals surface area contributed by atoms with E-state index in [4.69, 9.17) is 19.6 Å². The average Bonchev–Trinajstić information content (AvgIpc) is 3.48. The number of esters is 1. The van der Waals surface area contributed by atoms with Crippen LogP contribution < -0.4 is 5.32 Å². The van der Waals surface area contributed by atoms with Gasteiger partial charge < -0.3 is 29.8 Å². The first-order chi connectivity index (χ1) is 21.0. The van der Waals surface area contributed by atoms with E-state index in [2.05, 4.69) is 19.9 Å². The van der Waals surface area contributed by atoms with E-state index < -0.39 is 53.3 Å². The summed E-state index contributed by atoms with van der Waals surface area (Å²) >= 11 is 0. The molecule has 1 heterocycles. The predicted octanol–water partition coefficient (Wildman–Crippen LogP) is 3.71. The van der Waals surface area contributed by atoms with E-state index in [9.17, 15) is 24.2 Å². The molecule has 0 spiro atoms. The number of halogens is 1. The van der Waals surface area contributed by atoms with Crippen LogP contribution in [-0.4, -0.2) is 66.0 Å². The molecular weight excluding hydrogens is 567 g/mol. The van der Waals surface area contributed by atoms with Gasteiger partial charge in [-0.25, -0.2) is 9.18 Å². The highest BCUT2D eigenvalue weighted by atomic mass is 19.1. The zero-order valence-electron chi connectivity index (χ0n) is 25.9. The molecule has 9 atom stereocenters. The highest BCUT2D eigenvalue weighted by molar-refractivity contribution is 5.91. The molecule has 1 aromatic rings. The topological polar surface area (TPSA) is 143 Å². The van der Waals surface area contributed by atoms with Crippen molar-refractivity contribution in [2.45, 2.75) is 89.8 Å². The molecule has 0 bridgehead atoms. The Balaban J connectivity index is 1.31. The van der Waals surface area contributed by atoms with Crippen molar-refractivity contribution in [2.24, 2.45) is 28.6 Å². The van der Waals surface area contributed by atoms with Gasteiger partial charge >= 0.3 is 5.97 Å². The number of nitrogens with one attached hydrogen (secondary N) is 1. The fraction of sp³-hybridized carbons (Fsp3) is 0.618. The summed E-state index contributed by atoms with van der Waals surface area (Å²) in [6, 6.07) is 4.30. The van der Waals surface area contributed by atoms with Crippen LogP contribution in [0.4, 0.5) is 10.1 Å². The minimum absolute atomic E-state index is 0.0636. The van der Waals surface area contributed by atoms with Crippen LogP contribution in [0.25, 0.3) is 0 Å². The largest absolute Gasteiger partial charge is 0.465 e. The number of aliphatic hydroxyl groups excluding tert-OH is 2. The number of hydrogen-bond donors (Lipinski definition) is 4. The van der Waals surface area contributed by atoms with Crippen LogP contribution in [0.2, 0.25) is 0 Å². The van der Waals surface area contributed by atoms with Crippen LogP contribution in [0.5, 0.6) is 0 Å². The number of benzene rings is 1. The molecule has 10 heteroatoms. The van der Waals surface area contributed by atoms with Crippen molar-refractivity contribution in [1.82, 2.24) is 0 Å². The van der Waals surface area contributed by atoms with E-state index in [-0.39, 0.29) is 29.1 Å². The lowest BCUT2D eigenvalue weighted by Crippen LogP contribution is -2.76. The summed E-state index contributed by atoms with van der Waals surface area (Å²) in [4.78, 5) is 25.6. The van der Waals surface area contributed by atoms with Gasteiger partial charge in [-0.05, 0) is 73.8 Å². The molecule has 1 aromatic carbocycles. The van der Waals surface area contributed by atoms with Crippen molar-refractivity contribution in [3.05, 3.63) is 52.5 Å². The van der Waals surface area contributed by atoms with Gasteiger partial charge in [0, 0.05) is 29.3 Å². The molecule has 5 aliphatic rings. The summed E-state index contributed by atoms with van der Waals surface area (Å²) in [7, 11) is 1.21. The highest BCUT2D eigenvalue weighted by Gasteiger charge is 2.75. The maximum absolute atomic E-state index is 14.3. The second-order valence-electron chi connectivity index (χ2n) is 13.8. The molecular formula is C34H44FN2O7+. The smallest absolute Gasteiger partial charge is 0.341 e. The lowest BCUT2D eigenvalue weighted by molar-refractivity contribution is -0.513. The van der Waals surface area contributed by atoms with Gasteiger partial charge in [-0.1, -0.05) is 32.8 Å². The molecule has 44 heavy (non-hydrogen) atoms. The van der Waals surface area contributed by atoms with E-state index in [0.29, 0.717) is 31.4 Å². The summed E-state index contributed by atoms with van der Waals surface area (Å²) in [5, 5.41) is 32.3. The number of quaternary nitrogens is 1. The van der Waals surface area contributed by atoms with Crippen molar-refractivity contribution in [2.75, 3.05) is 13.7 Å². The number of carbonyl (C=O) groups is 2. The predicted molar refractivity (Wildman–Crippen MR) is 158 cm³/mol. The fourth-order valence-electron chi connectivity index (χ4n) is 9.86. The first-order valence-corrected chi connectivity index (χ1v) is 15.8. The Morgan fingerprint density at radius 1 is 1.30 bits per heavy atom. The minimum Gasteiger partial charge on any atom is -0.465 e. The summed E-state index contributed by atoms with van der Waals surface area (Å²) < 4.78 is 31.9. The molecule has 5 N–H and O–H groups in total. The number of carbonyl (C=O) groups excluding carboxylic acids is 2. The number of ether oxygens (including phenoxy) is 3. The molecule has 0 aromatic heterocycles. The van der Waals surface area contributed by atoms with Crippen LogP contribution in [0.3, 0.4) is 0 Å². The number of fused-ring (bicyclic) bond motifs is 7. The lowest BCUT2D eigenvalue weighted by atomic mass is 9.45. The van der Waals surface area contributed by atoms with Gasteiger partial charge in [0.05, 0.1) is 19.3 Å². The zero-order chi connectivity index (χ0) is 31.6. The number of methoxy groups -OCH3 is 1. The van der Waals surface area contributed by atoms with Gasteiger partial charge in [-0.15, -0.1) is 0 Å². The molecule has 1 saturated heterocycles. The van der Waals surface area contributed by atoms with E-state index in [1.807, 2.05) is 12.2 Å². The van der Waals surface area contributed by atoms with E-state index >= 15 is 0 Å². The van der Waals surface area contributed by atoms with Crippen molar-refractivity contribution in [1.29, 1.82) is 5.41 Å². The first-order valence-electron chi connectivity index (χ1n) is 15.8. The molecule has 6 rings (SSSR count). The zero-order valence-corrected chi connectivity index (χ0v) is 25.9. The monoisotopic (exact) mass is 611 g/mol. The Hall–Kier alpha value is -2.76. The van der Waals surface area contributed by atoms with Crippen LogP contribution in [-0.2, 0) is 19.0 Å². The minimum atomic E-state index is -1.28. The molecule has 4 fully saturated rings. The SMILES string of the molecule is CCC[C@@H]1O[C@@H]2CC3[C@@H]4CCC5=CC([NH2+]c6ccc(F)c(C(=O)OC)c6)=C(C=N)C[C@]5(C)C4[C@@H](O)C[C@]3(C)[C@]2(C(=O)CO)O1. The Bertz CT molecular complexity index is 1440. The quantitative estimate of drug-likeness (QED) is 0.199. The third-order valence-corrected chi connectivity index (χ3v) is 11.7. The summed E-state index contributed by atoms with van der Waals surface area (Å²) in [6.45, 7) is 5.65.